The van der Waals surface area contributed by atoms with Gasteiger partial charge in [-0.05, 0) is 49.1 Å². The maximum Gasteiger partial charge on any atom is 0.0733 e. The molecule has 0 spiro atoms. The Kier molecular flexibility index (Phi) is 3.48. The zero-order chi connectivity index (χ0) is 13.3. The highest BCUT2D eigenvalue weighted by molar-refractivity contribution is 7.80. The Morgan fingerprint density at radius 1 is 1.26 bits per heavy atom. The highest BCUT2D eigenvalue weighted by Gasteiger charge is 2.44. The van der Waals surface area contributed by atoms with Crippen molar-refractivity contribution >= 4 is 22.9 Å². The first-order valence-electron chi connectivity index (χ1n) is 7.30. The molecule has 1 aromatic rings. The second-order valence-electron chi connectivity index (χ2n) is 6.15. The minimum atomic E-state index is 0.378. The molecule has 0 bridgehead atoms. The fourth-order valence-corrected chi connectivity index (χ4v) is 3.58. The van der Waals surface area contributed by atoms with E-state index in [2.05, 4.69) is 29.2 Å². The summed E-state index contributed by atoms with van der Waals surface area (Å²) >= 11 is 5.12. The standard InChI is InChI=1S/C16H22N2S/c17-15(19)11-16(8-9-16)12-18-10-4-3-6-13-5-1-2-7-14(13)18/h1-2,5,7H,3-4,6,8-12H2,(H2,17,19). The lowest BCUT2D eigenvalue weighted by Crippen LogP contribution is -2.33. The maximum atomic E-state index is 5.76. The average Bonchev–Trinajstić information content (AvgIpc) is 3.14. The Bertz CT molecular complexity index is 479. The van der Waals surface area contributed by atoms with Gasteiger partial charge < -0.3 is 10.6 Å². The van der Waals surface area contributed by atoms with Gasteiger partial charge in [-0.3, -0.25) is 0 Å². The van der Waals surface area contributed by atoms with Crippen molar-refractivity contribution in [1.82, 2.24) is 0 Å². The van der Waals surface area contributed by atoms with E-state index in [1.807, 2.05) is 0 Å². The SMILES string of the molecule is NC(=S)CC1(CN2CCCCc3ccccc32)CC1. The van der Waals surface area contributed by atoms with Gasteiger partial charge in [-0.15, -0.1) is 0 Å². The molecule has 1 aliphatic heterocycles. The molecule has 2 nitrogen and oxygen atoms in total. The predicted molar refractivity (Wildman–Crippen MR) is 84.7 cm³/mol. The summed E-state index contributed by atoms with van der Waals surface area (Å²) in [7, 11) is 0. The molecule has 0 radical (unpaired) electrons. The monoisotopic (exact) mass is 274 g/mol. The lowest BCUT2D eigenvalue weighted by molar-refractivity contribution is 0.514. The van der Waals surface area contributed by atoms with Crippen LogP contribution in [0.5, 0.6) is 0 Å². The lowest BCUT2D eigenvalue weighted by atomic mass is 10.0. The van der Waals surface area contributed by atoms with Gasteiger partial charge in [0, 0.05) is 25.2 Å². The molecule has 1 aromatic carbocycles. The van der Waals surface area contributed by atoms with Gasteiger partial charge in [-0.1, -0.05) is 30.4 Å². The van der Waals surface area contributed by atoms with Gasteiger partial charge >= 0.3 is 0 Å². The Balaban J connectivity index is 1.79. The van der Waals surface area contributed by atoms with Crippen LogP contribution in [0.1, 0.15) is 37.7 Å². The van der Waals surface area contributed by atoms with Gasteiger partial charge in [0.2, 0.25) is 0 Å². The van der Waals surface area contributed by atoms with Crippen molar-refractivity contribution in [3.63, 3.8) is 0 Å². The van der Waals surface area contributed by atoms with Crippen molar-refractivity contribution in [3.8, 4) is 0 Å². The summed E-state index contributed by atoms with van der Waals surface area (Å²) < 4.78 is 0. The number of anilines is 1. The van der Waals surface area contributed by atoms with Gasteiger partial charge in [0.25, 0.3) is 0 Å². The van der Waals surface area contributed by atoms with Crippen LogP contribution in [0.4, 0.5) is 5.69 Å². The van der Waals surface area contributed by atoms with Gasteiger partial charge in [0.15, 0.2) is 0 Å². The number of hydrogen-bond acceptors (Lipinski definition) is 2. The van der Waals surface area contributed by atoms with Crippen LogP contribution in [0, 0.1) is 5.41 Å². The number of nitrogens with zero attached hydrogens (tertiary/aromatic N) is 1. The number of aryl methyl sites for hydroxylation is 1. The van der Waals surface area contributed by atoms with Crippen molar-refractivity contribution in [2.75, 3.05) is 18.0 Å². The summed E-state index contributed by atoms with van der Waals surface area (Å²) in [5.41, 5.74) is 9.09. The van der Waals surface area contributed by atoms with E-state index in [1.54, 1.807) is 0 Å². The van der Waals surface area contributed by atoms with Crippen molar-refractivity contribution in [2.45, 2.75) is 38.5 Å². The van der Waals surface area contributed by atoms with Crippen LogP contribution < -0.4 is 10.6 Å². The average molecular weight is 274 g/mol. The lowest BCUT2D eigenvalue weighted by Gasteiger charge is -2.29. The topological polar surface area (TPSA) is 29.3 Å². The van der Waals surface area contributed by atoms with E-state index >= 15 is 0 Å². The van der Waals surface area contributed by atoms with Crippen LogP contribution in [0.25, 0.3) is 0 Å². The molecular formula is C16H22N2S. The molecule has 19 heavy (non-hydrogen) atoms. The summed E-state index contributed by atoms with van der Waals surface area (Å²) in [4.78, 5) is 3.26. The Hall–Kier alpha value is -1.09. The second-order valence-corrected chi connectivity index (χ2v) is 6.67. The third-order valence-corrected chi connectivity index (χ3v) is 4.63. The second kappa shape index (κ2) is 5.12. The number of benzene rings is 1. The zero-order valence-corrected chi connectivity index (χ0v) is 12.2. The zero-order valence-electron chi connectivity index (χ0n) is 11.4. The molecule has 1 fully saturated rings. The fraction of sp³-hybridized carbons (Fsp3) is 0.562. The summed E-state index contributed by atoms with van der Waals surface area (Å²) in [6.45, 7) is 2.30. The maximum absolute atomic E-state index is 5.76. The van der Waals surface area contributed by atoms with Gasteiger partial charge in [-0.25, -0.2) is 0 Å². The first kappa shape index (κ1) is 12.9. The molecule has 0 atom stereocenters. The van der Waals surface area contributed by atoms with Gasteiger partial charge in [0.1, 0.15) is 0 Å². The Morgan fingerprint density at radius 2 is 2.05 bits per heavy atom. The van der Waals surface area contributed by atoms with Crippen molar-refractivity contribution in [2.24, 2.45) is 11.1 Å². The molecule has 1 aliphatic carbocycles. The molecule has 1 saturated carbocycles. The summed E-state index contributed by atoms with van der Waals surface area (Å²) in [5.74, 6) is 0. The molecule has 3 heteroatoms. The van der Waals surface area contributed by atoms with E-state index < -0.39 is 0 Å². The Labute approximate surface area is 121 Å². The first-order valence-corrected chi connectivity index (χ1v) is 7.71. The molecule has 2 aliphatic rings. The predicted octanol–water partition coefficient (Wildman–Crippen LogP) is 3.29. The minimum Gasteiger partial charge on any atom is -0.393 e. The van der Waals surface area contributed by atoms with Crippen molar-refractivity contribution < 1.29 is 0 Å². The van der Waals surface area contributed by atoms with Crippen molar-refractivity contribution in [3.05, 3.63) is 29.8 Å². The van der Waals surface area contributed by atoms with E-state index in [4.69, 9.17) is 18.0 Å². The summed E-state index contributed by atoms with van der Waals surface area (Å²) in [6.07, 6.45) is 7.29. The van der Waals surface area contributed by atoms with Crippen LogP contribution in [-0.4, -0.2) is 18.1 Å². The largest absolute Gasteiger partial charge is 0.393 e. The quantitative estimate of drug-likeness (QED) is 0.854. The van der Waals surface area contributed by atoms with Crippen molar-refractivity contribution in [1.29, 1.82) is 0 Å². The highest BCUT2D eigenvalue weighted by atomic mass is 32.1. The van der Waals surface area contributed by atoms with Crippen LogP contribution >= 0.6 is 12.2 Å². The smallest absolute Gasteiger partial charge is 0.0733 e. The minimum absolute atomic E-state index is 0.378. The third kappa shape index (κ3) is 2.92. The number of nitrogens with two attached hydrogens (primary N) is 1. The molecule has 0 saturated heterocycles. The van der Waals surface area contributed by atoms with E-state index in [0.29, 0.717) is 10.4 Å². The molecular weight excluding hydrogens is 252 g/mol. The number of fused-ring (bicyclic) bond motifs is 1. The third-order valence-electron chi connectivity index (χ3n) is 4.49. The Morgan fingerprint density at radius 3 is 2.79 bits per heavy atom. The van der Waals surface area contributed by atoms with Gasteiger partial charge in [-0.2, -0.15) is 0 Å². The fourth-order valence-electron chi connectivity index (χ4n) is 3.28. The number of para-hydroxylation sites is 1. The van der Waals surface area contributed by atoms with Crippen LogP contribution in [0.2, 0.25) is 0 Å². The number of hydrogen-bond donors (Lipinski definition) is 1. The van der Waals surface area contributed by atoms with E-state index in [1.165, 1.54) is 49.9 Å². The normalized spacial score (nSPS) is 20.5. The molecule has 0 unspecified atom stereocenters. The molecule has 3 rings (SSSR count). The summed E-state index contributed by atoms with van der Waals surface area (Å²) in [5, 5.41) is 0. The van der Waals surface area contributed by atoms with Crippen LogP contribution in [-0.2, 0) is 6.42 Å². The number of thiocarbonyl (C=S) groups is 1. The van der Waals surface area contributed by atoms with Gasteiger partial charge in [0.05, 0.1) is 4.99 Å². The van der Waals surface area contributed by atoms with E-state index in [9.17, 15) is 0 Å². The molecule has 1 heterocycles. The molecule has 0 amide bonds. The molecule has 2 N–H and O–H groups in total. The van der Waals surface area contributed by atoms with E-state index in [-0.39, 0.29) is 0 Å². The number of rotatable bonds is 4. The van der Waals surface area contributed by atoms with Crippen LogP contribution in [0.3, 0.4) is 0 Å². The first-order chi connectivity index (χ1) is 9.19. The molecule has 0 aromatic heterocycles. The molecule has 102 valence electrons. The van der Waals surface area contributed by atoms with Crippen LogP contribution in [0.15, 0.2) is 24.3 Å². The van der Waals surface area contributed by atoms with E-state index in [0.717, 1.165) is 13.0 Å². The highest BCUT2D eigenvalue weighted by Crippen LogP contribution is 2.50. The summed E-state index contributed by atoms with van der Waals surface area (Å²) in [6, 6.07) is 8.87.